The van der Waals surface area contributed by atoms with Crippen LogP contribution < -0.4 is 10.5 Å². The van der Waals surface area contributed by atoms with Crippen molar-refractivity contribution < 1.29 is 9.53 Å². The Morgan fingerprint density at radius 1 is 1.35 bits per heavy atom. The number of hydrogen-bond donors (Lipinski definition) is 1. The highest BCUT2D eigenvalue weighted by molar-refractivity contribution is 5.71. The fraction of sp³-hybridized carbons (Fsp3) is 0.462. The molecule has 1 rings (SSSR count). The number of benzene rings is 1. The summed E-state index contributed by atoms with van der Waals surface area (Å²) in [5.41, 5.74) is 5.26. The largest absolute Gasteiger partial charge is 0.415 e. The number of nitrogens with two attached hydrogens (primary N) is 1. The van der Waals surface area contributed by atoms with E-state index in [4.69, 9.17) is 10.5 Å². The minimum Gasteiger partial charge on any atom is -0.410 e. The Morgan fingerprint density at radius 2 is 1.94 bits per heavy atom. The molecule has 94 valence electrons. The summed E-state index contributed by atoms with van der Waals surface area (Å²) >= 11 is 0. The quantitative estimate of drug-likeness (QED) is 0.872. The maximum atomic E-state index is 12.0. The molecule has 0 aromatic heterocycles. The first kappa shape index (κ1) is 13.5. The Bertz CT molecular complexity index is 363. The van der Waals surface area contributed by atoms with Crippen LogP contribution in [0.3, 0.4) is 0 Å². The van der Waals surface area contributed by atoms with Gasteiger partial charge in [-0.3, -0.25) is 0 Å². The van der Waals surface area contributed by atoms with Crippen molar-refractivity contribution in [2.75, 3.05) is 13.1 Å². The first-order valence-corrected chi connectivity index (χ1v) is 5.76. The molecule has 0 heterocycles. The van der Waals surface area contributed by atoms with Crippen LogP contribution in [0.5, 0.6) is 5.75 Å². The molecule has 1 amide bonds. The van der Waals surface area contributed by atoms with Gasteiger partial charge in [-0.2, -0.15) is 0 Å². The van der Waals surface area contributed by atoms with Gasteiger partial charge in [-0.15, -0.1) is 0 Å². The summed E-state index contributed by atoms with van der Waals surface area (Å²) < 4.78 is 5.29. The third kappa shape index (κ3) is 3.46. The summed E-state index contributed by atoms with van der Waals surface area (Å²) in [5, 5.41) is 0. The van der Waals surface area contributed by atoms with E-state index >= 15 is 0 Å². The van der Waals surface area contributed by atoms with E-state index in [9.17, 15) is 4.79 Å². The molecule has 0 bridgehead atoms. The van der Waals surface area contributed by atoms with Crippen LogP contribution in [-0.4, -0.2) is 29.6 Å². The number of likely N-dealkylation sites (N-methyl/N-ethyl adjacent to an activating group) is 1. The summed E-state index contributed by atoms with van der Waals surface area (Å²) in [5.74, 6) is 0.545. The molecule has 0 fully saturated rings. The second-order valence-electron chi connectivity index (χ2n) is 4.44. The van der Waals surface area contributed by atoms with Crippen molar-refractivity contribution in [2.24, 2.45) is 5.73 Å². The number of carbonyl (C=O) groups excluding carboxylic acids is 1. The van der Waals surface area contributed by atoms with E-state index in [1.54, 1.807) is 17.0 Å². The molecule has 0 aliphatic rings. The zero-order valence-corrected chi connectivity index (χ0v) is 10.6. The molecular formula is C13H20N2O2. The van der Waals surface area contributed by atoms with E-state index < -0.39 is 5.54 Å². The van der Waals surface area contributed by atoms with E-state index in [-0.39, 0.29) is 6.09 Å². The molecule has 0 spiro atoms. The van der Waals surface area contributed by atoms with Crippen LogP contribution >= 0.6 is 0 Å². The predicted molar refractivity (Wildman–Crippen MR) is 68.0 cm³/mol. The van der Waals surface area contributed by atoms with Gasteiger partial charge < -0.3 is 15.4 Å². The number of ether oxygens (including phenoxy) is 1. The standard InChI is InChI=1S/C13H20N2O2/c1-4-15(13(2,3)10-14)12(16)17-11-8-6-5-7-9-11/h5-9H,4,10,14H2,1-3H3. The van der Waals surface area contributed by atoms with Gasteiger partial charge in [0.1, 0.15) is 5.75 Å². The van der Waals surface area contributed by atoms with Crippen LogP contribution in [0.1, 0.15) is 20.8 Å². The maximum absolute atomic E-state index is 12.0. The fourth-order valence-corrected chi connectivity index (χ4v) is 1.56. The Balaban J connectivity index is 2.75. The van der Waals surface area contributed by atoms with Crippen LogP contribution in [0.25, 0.3) is 0 Å². The van der Waals surface area contributed by atoms with Gasteiger partial charge in [-0.05, 0) is 32.9 Å². The van der Waals surface area contributed by atoms with Crippen molar-refractivity contribution in [3.05, 3.63) is 30.3 Å². The van der Waals surface area contributed by atoms with Gasteiger partial charge >= 0.3 is 6.09 Å². The molecule has 0 saturated heterocycles. The summed E-state index contributed by atoms with van der Waals surface area (Å²) in [6.45, 7) is 6.70. The van der Waals surface area contributed by atoms with Gasteiger partial charge in [-0.25, -0.2) is 4.79 Å². The second-order valence-corrected chi connectivity index (χ2v) is 4.44. The number of amides is 1. The highest BCUT2D eigenvalue weighted by Gasteiger charge is 2.29. The lowest BCUT2D eigenvalue weighted by molar-refractivity contribution is 0.106. The van der Waals surface area contributed by atoms with Crippen molar-refractivity contribution in [3.63, 3.8) is 0 Å². The van der Waals surface area contributed by atoms with Crippen molar-refractivity contribution >= 4 is 6.09 Å². The van der Waals surface area contributed by atoms with Crippen LogP contribution in [0.15, 0.2) is 30.3 Å². The molecule has 0 aliphatic carbocycles. The number of hydrogen-bond acceptors (Lipinski definition) is 3. The first-order valence-electron chi connectivity index (χ1n) is 5.76. The maximum Gasteiger partial charge on any atom is 0.415 e. The number of para-hydroxylation sites is 1. The number of nitrogens with zero attached hydrogens (tertiary/aromatic N) is 1. The summed E-state index contributed by atoms with van der Waals surface area (Å²) in [4.78, 5) is 13.6. The van der Waals surface area contributed by atoms with Gasteiger partial charge in [0.15, 0.2) is 0 Å². The zero-order valence-electron chi connectivity index (χ0n) is 10.6. The highest BCUT2D eigenvalue weighted by atomic mass is 16.6. The molecule has 0 saturated carbocycles. The Kier molecular flexibility index (Phi) is 4.52. The SMILES string of the molecule is CCN(C(=O)Oc1ccccc1)C(C)(C)CN. The molecular weight excluding hydrogens is 216 g/mol. The molecule has 1 aromatic carbocycles. The smallest absolute Gasteiger partial charge is 0.410 e. The lowest BCUT2D eigenvalue weighted by Crippen LogP contribution is -2.53. The second kappa shape index (κ2) is 5.68. The van der Waals surface area contributed by atoms with Gasteiger partial charge in [0.25, 0.3) is 0 Å². The zero-order chi connectivity index (χ0) is 12.9. The summed E-state index contributed by atoms with van der Waals surface area (Å²) in [6.07, 6.45) is -0.367. The topological polar surface area (TPSA) is 55.6 Å². The Labute approximate surface area is 102 Å². The molecule has 2 N–H and O–H groups in total. The average Bonchev–Trinajstić information content (AvgIpc) is 2.30. The fourth-order valence-electron chi connectivity index (χ4n) is 1.56. The Morgan fingerprint density at radius 3 is 2.41 bits per heavy atom. The van der Waals surface area contributed by atoms with E-state index in [2.05, 4.69) is 0 Å². The minimum atomic E-state index is -0.402. The van der Waals surface area contributed by atoms with Gasteiger partial charge in [0.2, 0.25) is 0 Å². The summed E-state index contributed by atoms with van der Waals surface area (Å²) in [6, 6.07) is 9.03. The van der Waals surface area contributed by atoms with E-state index in [1.807, 2.05) is 39.0 Å². The Hall–Kier alpha value is -1.55. The molecule has 0 unspecified atom stereocenters. The van der Waals surface area contributed by atoms with E-state index in [1.165, 1.54) is 0 Å². The molecule has 4 nitrogen and oxygen atoms in total. The predicted octanol–water partition coefficient (Wildman–Crippen LogP) is 2.24. The molecule has 17 heavy (non-hydrogen) atoms. The number of carbonyl (C=O) groups is 1. The molecule has 0 aliphatic heterocycles. The van der Waals surface area contributed by atoms with Crippen LogP contribution in [0, 0.1) is 0 Å². The third-order valence-corrected chi connectivity index (χ3v) is 2.72. The van der Waals surface area contributed by atoms with Crippen LogP contribution in [0.4, 0.5) is 4.79 Å². The van der Waals surface area contributed by atoms with Gasteiger partial charge in [-0.1, -0.05) is 18.2 Å². The van der Waals surface area contributed by atoms with Crippen LogP contribution in [0.2, 0.25) is 0 Å². The summed E-state index contributed by atoms with van der Waals surface area (Å²) in [7, 11) is 0. The minimum absolute atomic E-state index is 0.367. The van der Waals surface area contributed by atoms with Gasteiger partial charge in [0, 0.05) is 13.1 Å². The van der Waals surface area contributed by atoms with Crippen molar-refractivity contribution in [2.45, 2.75) is 26.3 Å². The highest BCUT2D eigenvalue weighted by Crippen LogP contribution is 2.16. The molecule has 0 atom stereocenters. The van der Waals surface area contributed by atoms with Crippen molar-refractivity contribution in [1.29, 1.82) is 0 Å². The molecule has 1 aromatic rings. The monoisotopic (exact) mass is 236 g/mol. The third-order valence-electron chi connectivity index (χ3n) is 2.72. The lowest BCUT2D eigenvalue weighted by atomic mass is 10.0. The van der Waals surface area contributed by atoms with Crippen molar-refractivity contribution in [1.82, 2.24) is 4.90 Å². The van der Waals surface area contributed by atoms with Crippen LogP contribution in [-0.2, 0) is 0 Å². The number of rotatable bonds is 4. The molecule has 0 radical (unpaired) electrons. The normalized spacial score (nSPS) is 11.1. The van der Waals surface area contributed by atoms with Gasteiger partial charge in [0.05, 0.1) is 5.54 Å². The average molecular weight is 236 g/mol. The van der Waals surface area contributed by atoms with E-state index in [0.717, 1.165) is 0 Å². The first-order chi connectivity index (χ1) is 8.01. The van der Waals surface area contributed by atoms with Crippen molar-refractivity contribution in [3.8, 4) is 5.75 Å². The van der Waals surface area contributed by atoms with E-state index in [0.29, 0.717) is 18.8 Å². The molecule has 4 heteroatoms. The lowest BCUT2D eigenvalue weighted by Gasteiger charge is -2.35.